The molecule has 1 heterocycles. The van der Waals surface area contributed by atoms with Gasteiger partial charge in [0, 0.05) is 27.5 Å². The third-order valence-electron chi connectivity index (χ3n) is 10.7. The highest BCUT2D eigenvalue weighted by Crippen LogP contribution is 2.45. The number of rotatable bonds is 7. The third-order valence-corrected chi connectivity index (χ3v) is 10.7. The molecule has 2 heteroatoms. The Kier molecular flexibility index (Phi) is 5.86. The zero-order chi connectivity index (χ0) is 48.0. The van der Waals surface area contributed by atoms with E-state index in [0.717, 1.165) is 60.8 Å². The largest absolute Gasteiger partial charge is 0.453 e. The van der Waals surface area contributed by atoms with Crippen molar-refractivity contribution in [3.8, 4) is 44.5 Å². The first kappa shape index (κ1) is 24.1. The lowest BCUT2D eigenvalue weighted by molar-refractivity contribution is 0.673. The van der Waals surface area contributed by atoms with Crippen LogP contribution in [0.3, 0.4) is 0 Å². The van der Waals surface area contributed by atoms with E-state index in [1.165, 1.54) is 0 Å². The van der Waals surface area contributed by atoms with Gasteiger partial charge in [-0.3, -0.25) is 0 Å². The molecular formula is C56H37NO. The summed E-state index contributed by atoms with van der Waals surface area (Å²) in [7, 11) is 0. The van der Waals surface area contributed by atoms with Crippen molar-refractivity contribution >= 4 is 60.5 Å². The minimum atomic E-state index is -0.677. The standard InChI is InChI=1S/C56H37NO/c1-3-13-39(14-4-1)47-19-9-10-20-48(47)42-27-33-46(34-28-42)57(54-24-12-23-52-53-36-29-41-17-7-8-21-51(41)55(53)58-56(52)54)45-31-25-38(26-32-45)43-30-35-50-44(37-43)18-11-22-49(50)40-15-5-2-6-16-40/h1-37H/i2D,5D,6D,11D,15D,16D,18D,22D,30D,35D,37D. The maximum Gasteiger partial charge on any atom is 0.159 e. The topological polar surface area (TPSA) is 16.4 Å². The van der Waals surface area contributed by atoms with Gasteiger partial charge in [-0.25, -0.2) is 0 Å². The molecule has 0 bridgehead atoms. The second kappa shape index (κ2) is 14.1. The molecule has 0 aliphatic rings. The van der Waals surface area contributed by atoms with Gasteiger partial charge in [-0.1, -0.05) is 182 Å². The van der Waals surface area contributed by atoms with Crippen LogP contribution in [0.2, 0.25) is 0 Å². The number of para-hydroxylation sites is 1. The van der Waals surface area contributed by atoms with Gasteiger partial charge in [0.05, 0.1) is 20.8 Å². The van der Waals surface area contributed by atoms with Gasteiger partial charge in [0.2, 0.25) is 0 Å². The average molecular weight is 751 g/mol. The first-order valence-corrected chi connectivity index (χ1v) is 18.9. The SMILES string of the molecule is [2H]c1c([2H])c([2H])c(-c2c([2H])c([2H])c([2H])c3c([2H])c(-c4ccc(N(c5ccc(-c6ccccc6-c6ccccc6)cc5)c5cccc6c5oc5c7ccccc7ccc65)cc4)c([2H])c([2H])c23)c([2H])c1[2H]. The van der Waals surface area contributed by atoms with Crippen molar-refractivity contribution in [1.82, 2.24) is 0 Å². The maximum atomic E-state index is 9.49. The van der Waals surface area contributed by atoms with Crippen LogP contribution < -0.4 is 4.90 Å². The van der Waals surface area contributed by atoms with Crippen molar-refractivity contribution in [3.05, 3.63) is 224 Å². The van der Waals surface area contributed by atoms with Crippen molar-refractivity contribution in [1.29, 1.82) is 0 Å². The summed E-state index contributed by atoms with van der Waals surface area (Å²) in [6, 6.07) is 45.9. The van der Waals surface area contributed by atoms with Gasteiger partial charge in [-0.05, 0) is 103 Å². The van der Waals surface area contributed by atoms with Crippen LogP contribution in [-0.4, -0.2) is 0 Å². The number of hydrogen-bond acceptors (Lipinski definition) is 2. The molecule has 0 unspecified atom stereocenters. The fourth-order valence-corrected chi connectivity index (χ4v) is 7.90. The highest BCUT2D eigenvalue weighted by atomic mass is 16.3. The predicted octanol–water partition coefficient (Wildman–Crippen LogP) is 16.0. The second-order valence-electron chi connectivity index (χ2n) is 14.0. The predicted molar refractivity (Wildman–Crippen MR) is 245 cm³/mol. The van der Waals surface area contributed by atoms with E-state index in [1.807, 2.05) is 72.8 Å². The van der Waals surface area contributed by atoms with Crippen molar-refractivity contribution < 1.29 is 19.5 Å². The summed E-state index contributed by atoms with van der Waals surface area (Å²) in [6.07, 6.45) is 0. The van der Waals surface area contributed by atoms with Crippen molar-refractivity contribution in [3.63, 3.8) is 0 Å². The number of furan rings is 1. The molecule has 0 aliphatic carbocycles. The smallest absolute Gasteiger partial charge is 0.159 e. The van der Waals surface area contributed by atoms with Crippen LogP contribution in [0.15, 0.2) is 229 Å². The van der Waals surface area contributed by atoms with E-state index in [2.05, 4.69) is 77.7 Å². The molecule has 0 amide bonds. The van der Waals surface area contributed by atoms with Crippen molar-refractivity contribution in [2.45, 2.75) is 0 Å². The van der Waals surface area contributed by atoms with Gasteiger partial charge in [-0.2, -0.15) is 0 Å². The summed E-state index contributed by atoms with van der Waals surface area (Å²) in [5.74, 6) is 0. The van der Waals surface area contributed by atoms with Gasteiger partial charge < -0.3 is 9.32 Å². The molecule has 0 saturated heterocycles. The Morgan fingerprint density at radius 3 is 1.78 bits per heavy atom. The number of anilines is 3. The zero-order valence-corrected chi connectivity index (χ0v) is 30.9. The summed E-state index contributed by atoms with van der Waals surface area (Å²) in [4.78, 5) is 2.08. The quantitative estimate of drug-likeness (QED) is 0.161. The number of fused-ring (bicyclic) bond motifs is 6. The van der Waals surface area contributed by atoms with E-state index in [9.17, 15) is 4.11 Å². The van der Waals surface area contributed by atoms with Crippen LogP contribution in [0.5, 0.6) is 0 Å². The summed E-state index contributed by atoms with van der Waals surface area (Å²) in [5.41, 5.74) is 7.58. The Hall–Kier alpha value is -7.68. The van der Waals surface area contributed by atoms with E-state index < -0.39 is 66.0 Å². The second-order valence-corrected chi connectivity index (χ2v) is 14.0. The first-order chi connectivity index (χ1) is 33.3. The van der Waals surface area contributed by atoms with Gasteiger partial charge in [0.15, 0.2) is 5.58 Å². The number of hydrogen-bond donors (Lipinski definition) is 0. The third kappa shape index (κ3) is 5.82. The first-order valence-electron chi connectivity index (χ1n) is 24.4. The molecule has 2 nitrogen and oxygen atoms in total. The molecule has 0 saturated carbocycles. The summed E-state index contributed by atoms with van der Waals surface area (Å²) in [6.45, 7) is 0. The van der Waals surface area contributed by atoms with Gasteiger partial charge in [0.1, 0.15) is 5.58 Å². The molecule has 58 heavy (non-hydrogen) atoms. The molecule has 11 rings (SSSR count). The van der Waals surface area contributed by atoms with E-state index in [4.69, 9.17) is 15.4 Å². The van der Waals surface area contributed by atoms with Gasteiger partial charge >= 0.3 is 0 Å². The monoisotopic (exact) mass is 750 g/mol. The molecule has 0 N–H and O–H groups in total. The minimum Gasteiger partial charge on any atom is -0.453 e. The molecule has 0 radical (unpaired) electrons. The van der Waals surface area contributed by atoms with Crippen LogP contribution in [0.25, 0.3) is 88.0 Å². The van der Waals surface area contributed by atoms with E-state index >= 15 is 0 Å². The molecular weight excluding hydrogens is 703 g/mol. The normalized spacial score (nSPS) is 14.1. The van der Waals surface area contributed by atoms with E-state index in [1.54, 1.807) is 12.1 Å². The Morgan fingerprint density at radius 2 is 1.00 bits per heavy atom. The number of nitrogens with zero attached hydrogens (tertiary/aromatic N) is 1. The van der Waals surface area contributed by atoms with Gasteiger partial charge in [-0.15, -0.1) is 0 Å². The van der Waals surface area contributed by atoms with E-state index in [-0.39, 0.29) is 27.9 Å². The van der Waals surface area contributed by atoms with Crippen molar-refractivity contribution in [2.24, 2.45) is 0 Å². The minimum absolute atomic E-state index is 0.00376. The fourth-order valence-electron chi connectivity index (χ4n) is 7.90. The molecule has 11 aromatic rings. The molecule has 0 spiro atoms. The van der Waals surface area contributed by atoms with Crippen LogP contribution in [0, 0.1) is 0 Å². The van der Waals surface area contributed by atoms with E-state index in [0.29, 0.717) is 16.8 Å². The lowest BCUT2D eigenvalue weighted by Gasteiger charge is -2.26. The average Bonchev–Trinajstić information content (AvgIpc) is 3.78. The Balaban J connectivity index is 1.09. The molecule has 1 aromatic heterocycles. The fraction of sp³-hybridized carbons (Fsp3) is 0. The van der Waals surface area contributed by atoms with Crippen LogP contribution in [0.4, 0.5) is 17.1 Å². The zero-order valence-electron chi connectivity index (χ0n) is 41.9. The lowest BCUT2D eigenvalue weighted by atomic mass is 9.94. The molecule has 272 valence electrons. The molecule has 0 fully saturated rings. The molecule has 0 atom stereocenters. The molecule has 10 aromatic carbocycles. The van der Waals surface area contributed by atoms with Crippen molar-refractivity contribution in [2.75, 3.05) is 4.90 Å². The van der Waals surface area contributed by atoms with Crippen LogP contribution in [0.1, 0.15) is 15.1 Å². The lowest BCUT2D eigenvalue weighted by Crippen LogP contribution is -2.10. The van der Waals surface area contributed by atoms with Crippen LogP contribution >= 0.6 is 0 Å². The highest BCUT2D eigenvalue weighted by Gasteiger charge is 2.21. The Bertz CT molecular complexity index is 3880. The highest BCUT2D eigenvalue weighted by molar-refractivity contribution is 6.17. The Morgan fingerprint density at radius 1 is 0.345 bits per heavy atom. The summed E-state index contributed by atoms with van der Waals surface area (Å²) < 4.78 is 104. The molecule has 0 aliphatic heterocycles. The van der Waals surface area contributed by atoms with Crippen LogP contribution in [-0.2, 0) is 0 Å². The maximum absolute atomic E-state index is 9.49. The Labute approximate surface area is 353 Å². The summed E-state index contributed by atoms with van der Waals surface area (Å²) in [5, 5.41) is 3.43. The summed E-state index contributed by atoms with van der Waals surface area (Å²) >= 11 is 0. The van der Waals surface area contributed by atoms with Gasteiger partial charge in [0.25, 0.3) is 0 Å². The number of benzene rings is 10.